The third-order valence-corrected chi connectivity index (χ3v) is 9.50. The number of nitrogens with one attached hydrogen (secondary N) is 2. The van der Waals surface area contributed by atoms with Crippen LogP contribution in [-0.4, -0.2) is 99.7 Å². The van der Waals surface area contributed by atoms with Crippen molar-refractivity contribution in [1.82, 2.24) is 34.9 Å². The number of aromatic amines is 1. The van der Waals surface area contributed by atoms with Crippen LogP contribution in [0.15, 0.2) is 73.2 Å². The van der Waals surface area contributed by atoms with Crippen LogP contribution in [0.3, 0.4) is 0 Å². The van der Waals surface area contributed by atoms with Gasteiger partial charge in [0.2, 0.25) is 17.7 Å². The highest BCUT2D eigenvalue weighted by molar-refractivity contribution is 6.00. The first kappa shape index (κ1) is 32.7. The number of pyridine rings is 1. The number of fused-ring (bicyclic) bond motifs is 1. The lowest BCUT2D eigenvalue weighted by molar-refractivity contribution is -0.133. The number of aromatic nitrogens is 5. The average Bonchev–Trinajstić information content (AvgIpc) is 3.77. The summed E-state index contributed by atoms with van der Waals surface area (Å²) in [6.45, 7) is 3.80. The number of benzene rings is 2. The Kier molecular flexibility index (Phi) is 9.10. The largest absolute Gasteiger partial charge is 0.481 e. The molecule has 0 aliphatic carbocycles. The van der Waals surface area contributed by atoms with Crippen molar-refractivity contribution in [2.24, 2.45) is 5.41 Å². The Bertz CT molecular complexity index is 2050. The lowest BCUT2D eigenvalue weighted by Gasteiger charge is -2.37. The van der Waals surface area contributed by atoms with Crippen molar-refractivity contribution in [2.45, 2.75) is 12.8 Å². The molecule has 0 spiro atoms. The van der Waals surface area contributed by atoms with Gasteiger partial charge in [-0.15, -0.1) is 12.3 Å². The molecule has 2 saturated heterocycles. The van der Waals surface area contributed by atoms with Gasteiger partial charge >= 0.3 is 0 Å². The molecule has 254 valence electrons. The minimum Gasteiger partial charge on any atom is -0.481 e. The molecule has 3 aromatic heterocycles. The molecule has 0 saturated carbocycles. The van der Waals surface area contributed by atoms with Crippen LogP contribution >= 0.6 is 0 Å². The number of halogens is 1. The maximum absolute atomic E-state index is 13.9. The van der Waals surface area contributed by atoms with Crippen molar-refractivity contribution in [3.8, 4) is 40.9 Å². The van der Waals surface area contributed by atoms with E-state index in [1.54, 1.807) is 13.3 Å². The minimum atomic E-state index is -0.814. The molecule has 1 unspecified atom stereocenters. The number of hydrogen-bond donors (Lipinski definition) is 2. The average molecular weight is 674 g/mol. The second kappa shape index (κ2) is 13.9. The van der Waals surface area contributed by atoms with Gasteiger partial charge in [-0.3, -0.25) is 19.6 Å². The molecule has 2 amide bonds. The quantitative estimate of drug-likeness (QED) is 0.221. The van der Waals surface area contributed by atoms with Gasteiger partial charge in [-0.2, -0.15) is 5.10 Å². The van der Waals surface area contributed by atoms with Gasteiger partial charge in [-0.25, -0.2) is 19.3 Å². The summed E-state index contributed by atoms with van der Waals surface area (Å²) in [6, 6.07) is 17.1. The Morgan fingerprint density at radius 3 is 2.52 bits per heavy atom. The van der Waals surface area contributed by atoms with Crippen molar-refractivity contribution in [2.75, 3.05) is 63.1 Å². The number of hydrogen-bond acceptors (Lipinski definition) is 9. The molecule has 5 aromatic rings. The van der Waals surface area contributed by atoms with Crippen molar-refractivity contribution in [3.63, 3.8) is 0 Å². The van der Waals surface area contributed by atoms with E-state index in [1.165, 1.54) is 0 Å². The van der Waals surface area contributed by atoms with Gasteiger partial charge in [0.1, 0.15) is 5.69 Å². The van der Waals surface area contributed by atoms with E-state index in [9.17, 15) is 14.0 Å². The van der Waals surface area contributed by atoms with Gasteiger partial charge < -0.3 is 19.9 Å². The zero-order valence-corrected chi connectivity index (χ0v) is 27.6. The predicted molar refractivity (Wildman–Crippen MR) is 188 cm³/mol. The molecular weight excluding hydrogens is 637 g/mol. The molecule has 12 nitrogen and oxygen atoms in total. The molecule has 2 aromatic carbocycles. The standard InChI is InChI=1S/C37H36FN9O3/c1-3-11-37(36(49)42-28-6-9-31-30(20-28)34(44-43-31)26-10-13-39-32(19-26)50-2)12-14-45(24-37)23-33(48)47-17-15-46(16-18-47)29-7-4-25(5-8-29)35-40-21-27(38)22-41-35/h1,4-10,13,19-22H,11-12,14-18,23-24H2,2H3,(H,42,49)(H,43,44). The lowest BCUT2D eigenvalue weighted by atomic mass is 9.82. The van der Waals surface area contributed by atoms with E-state index in [0.717, 1.165) is 45.8 Å². The molecule has 50 heavy (non-hydrogen) atoms. The SMILES string of the molecule is C#CCC1(C(=O)Nc2ccc3[nH]nc(-c4ccnc(OC)c4)c3c2)CCN(CC(=O)N2CCN(c3ccc(-c4ncc(F)cn4)cc3)CC2)C1. The maximum atomic E-state index is 13.9. The van der Waals surface area contributed by atoms with Crippen LogP contribution < -0.4 is 15.0 Å². The Morgan fingerprint density at radius 1 is 1.00 bits per heavy atom. The fourth-order valence-corrected chi connectivity index (χ4v) is 6.73. The number of terminal acetylenes is 1. The summed E-state index contributed by atoms with van der Waals surface area (Å²) < 4.78 is 18.5. The van der Waals surface area contributed by atoms with Gasteiger partial charge in [0.25, 0.3) is 0 Å². The predicted octanol–water partition coefficient (Wildman–Crippen LogP) is 4.23. The van der Waals surface area contributed by atoms with E-state index in [1.807, 2.05) is 64.4 Å². The second-order valence-electron chi connectivity index (χ2n) is 12.6. The summed E-state index contributed by atoms with van der Waals surface area (Å²) in [4.78, 5) is 45.7. The summed E-state index contributed by atoms with van der Waals surface area (Å²) in [7, 11) is 1.56. The molecular formula is C37H36FN9O3. The van der Waals surface area contributed by atoms with Crippen molar-refractivity contribution >= 4 is 34.1 Å². The second-order valence-corrected chi connectivity index (χ2v) is 12.6. The summed E-state index contributed by atoms with van der Waals surface area (Å²) in [5, 5.41) is 11.5. The lowest BCUT2D eigenvalue weighted by Crippen LogP contribution is -2.51. The molecule has 7 rings (SSSR count). The van der Waals surface area contributed by atoms with Gasteiger partial charge in [0.15, 0.2) is 11.6 Å². The molecule has 2 fully saturated rings. The molecule has 5 heterocycles. The Hall–Kier alpha value is -5.87. The van der Waals surface area contributed by atoms with Crippen molar-refractivity contribution < 1.29 is 18.7 Å². The molecule has 2 aliphatic rings. The van der Waals surface area contributed by atoms with E-state index in [-0.39, 0.29) is 24.8 Å². The highest BCUT2D eigenvalue weighted by atomic mass is 19.1. The first-order chi connectivity index (χ1) is 24.3. The zero-order chi connectivity index (χ0) is 34.7. The Labute approximate surface area is 288 Å². The number of carbonyl (C=O) groups excluding carboxylic acids is 2. The number of amides is 2. The monoisotopic (exact) mass is 673 g/mol. The summed E-state index contributed by atoms with van der Waals surface area (Å²) in [5.74, 6) is 3.06. The van der Waals surface area contributed by atoms with Crippen molar-refractivity contribution in [1.29, 1.82) is 0 Å². The third kappa shape index (κ3) is 6.70. The summed E-state index contributed by atoms with van der Waals surface area (Å²) in [6.07, 6.45) is 10.6. The Balaban J connectivity index is 0.954. The number of rotatable bonds is 9. The van der Waals surface area contributed by atoms with E-state index >= 15 is 0 Å². The van der Waals surface area contributed by atoms with Crippen LogP contribution in [0.25, 0.3) is 33.5 Å². The van der Waals surface area contributed by atoms with Crippen LogP contribution in [0.5, 0.6) is 5.88 Å². The van der Waals surface area contributed by atoms with Crippen LogP contribution in [0.1, 0.15) is 12.8 Å². The van der Waals surface area contributed by atoms with Crippen LogP contribution in [0, 0.1) is 23.6 Å². The van der Waals surface area contributed by atoms with Gasteiger partial charge in [0, 0.05) is 79.3 Å². The number of ether oxygens (including phenoxy) is 1. The number of likely N-dealkylation sites (tertiary alicyclic amines) is 1. The van der Waals surface area contributed by atoms with Gasteiger partial charge in [-0.1, -0.05) is 0 Å². The van der Waals surface area contributed by atoms with Gasteiger partial charge in [0.05, 0.1) is 37.0 Å². The van der Waals surface area contributed by atoms with Gasteiger partial charge in [-0.05, 0) is 61.5 Å². The molecule has 2 N–H and O–H groups in total. The maximum Gasteiger partial charge on any atom is 0.236 e. The highest BCUT2D eigenvalue weighted by Gasteiger charge is 2.44. The van der Waals surface area contributed by atoms with Crippen LogP contribution in [0.2, 0.25) is 0 Å². The van der Waals surface area contributed by atoms with Crippen LogP contribution in [-0.2, 0) is 9.59 Å². The number of methoxy groups -OCH3 is 1. The van der Waals surface area contributed by atoms with E-state index < -0.39 is 11.2 Å². The third-order valence-electron chi connectivity index (χ3n) is 9.50. The van der Waals surface area contributed by atoms with E-state index in [2.05, 4.69) is 41.3 Å². The normalized spacial score (nSPS) is 17.9. The molecule has 0 bridgehead atoms. The minimum absolute atomic E-state index is 0.0380. The number of H-pyrrole nitrogens is 1. The highest BCUT2D eigenvalue weighted by Crippen LogP contribution is 2.36. The summed E-state index contributed by atoms with van der Waals surface area (Å²) >= 11 is 0. The topological polar surface area (TPSA) is 132 Å². The van der Waals surface area contributed by atoms with E-state index in [4.69, 9.17) is 11.2 Å². The summed E-state index contributed by atoms with van der Waals surface area (Å²) in [5.41, 5.74) is 4.04. The number of piperazine rings is 1. The van der Waals surface area contributed by atoms with E-state index in [0.29, 0.717) is 63.1 Å². The number of carbonyl (C=O) groups is 2. The fraction of sp³-hybridized carbons (Fsp3) is 0.297. The molecule has 2 aliphatic heterocycles. The number of nitrogens with zero attached hydrogens (tertiary/aromatic N) is 7. The Morgan fingerprint density at radius 2 is 1.78 bits per heavy atom. The zero-order valence-electron chi connectivity index (χ0n) is 27.6. The first-order valence-corrected chi connectivity index (χ1v) is 16.4. The first-order valence-electron chi connectivity index (χ1n) is 16.4. The van der Waals surface area contributed by atoms with Crippen molar-refractivity contribution in [3.05, 3.63) is 79.0 Å². The number of anilines is 2. The van der Waals surface area contributed by atoms with Crippen LogP contribution in [0.4, 0.5) is 15.8 Å². The molecule has 0 radical (unpaired) electrons. The fourth-order valence-electron chi connectivity index (χ4n) is 6.73. The smallest absolute Gasteiger partial charge is 0.236 e. The molecule has 1 atom stereocenters. The molecule has 13 heteroatoms.